The maximum atomic E-state index is 13.4. The van der Waals surface area contributed by atoms with E-state index in [0.717, 1.165) is 11.8 Å². The lowest BCUT2D eigenvalue weighted by Gasteiger charge is -2.07. The average molecular weight is 424 g/mol. The van der Waals surface area contributed by atoms with Crippen molar-refractivity contribution in [3.63, 3.8) is 0 Å². The molecule has 0 spiro atoms. The predicted molar refractivity (Wildman–Crippen MR) is 111 cm³/mol. The second kappa shape index (κ2) is 7.96. The van der Waals surface area contributed by atoms with E-state index < -0.39 is 11.7 Å². The molecule has 0 atom stereocenters. The molecule has 0 radical (unpaired) electrons. The zero-order valence-corrected chi connectivity index (χ0v) is 16.4. The van der Waals surface area contributed by atoms with Crippen LogP contribution in [0.5, 0.6) is 5.75 Å². The van der Waals surface area contributed by atoms with Crippen molar-refractivity contribution >= 4 is 40.0 Å². The predicted octanol–water partition coefficient (Wildman–Crippen LogP) is 5.12. The Kier molecular flexibility index (Phi) is 5.20. The van der Waals surface area contributed by atoms with Crippen molar-refractivity contribution < 1.29 is 18.7 Å². The molecule has 0 saturated heterocycles. The molecule has 1 amide bonds. The number of carbonyl (C=O) groups is 1. The van der Waals surface area contributed by atoms with Crippen molar-refractivity contribution in [3.8, 4) is 5.75 Å². The summed E-state index contributed by atoms with van der Waals surface area (Å²) in [6.07, 6.45) is 0. The van der Waals surface area contributed by atoms with E-state index in [1.54, 1.807) is 24.3 Å². The van der Waals surface area contributed by atoms with Crippen molar-refractivity contribution in [3.05, 3.63) is 88.3 Å². The lowest BCUT2D eigenvalue weighted by atomic mass is 10.1. The Morgan fingerprint density at radius 1 is 1.17 bits per heavy atom. The molecule has 0 fully saturated rings. The second-order valence-corrected chi connectivity index (χ2v) is 6.92. The molecule has 0 aliphatic heterocycles. The summed E-state index contributed by atoms with van der Waals surface area (Å²) in [4.78, 5) is 21.5. The van der Waals surface area contributed by atoms with Gasteiger partial charge in [-0.25, -0.2) is 14.4 Å². The van der Waals surface area contributed by atoms with Crippen LogP contribution in [0, 0.1) is 12.7 Å². The number of carbonyl (C=O) groups excluding carboxylic acids is 1. The number of fused-ring (bicyclic) bond motifs is 1. The van der Waals surface area contributed by atoms with Gasteiger partial charge in [0, 0.05) is 17.1 Å². The monoisotopic (exact) mass is 423 g/mol. The molecule has 4 rings (SSSR count). The number of rotatable bonds is 3. The van der Waals surface area contributed by atoms with Crippen LogP contribution in [0.25, 0.3) is 11.0 Å². The molecule has 6 nitrogen and oxygen atoms in total. The number of anilines is 1. The largest absolute Gasteiger partial charge is 0.508 e. The van der Waals surface area contributed by atoms with Crippen LogP contribution in [0.1, 0.15) is 16.1 Å². The SMILES string of the molecule is Cc1cccc(NC(=O)c2cc3ccc(O)cc3oc2=Nc2ccc(F)cc2Cl)n1. The number of halogens is 2. The van der Waals surface area contributed by atoms with E-state index >= 15 is 0 Å². The van der Waals surface area contributed by atoms with Crippen molar-refractivity contribution in [2.24, 2.45) is 4.99 Å². The van der Waals surface area contributed by atoms with Crippen LogP contribution in [0.2, 0.25) is 5.02 Å². The quantitative estimate of drug-likeness (QED) is 0.478. The Hall–Kier alpha value is -3.71. The maximum Gasteiger partial charge on any atom is 0.262 e. The van der Waals surface area contributed by atoms with Gasteiger partial charge in [0.2, 0.25) is 5.55 Å². The number of aromatic nitrogens is 1. The number of nitrogens with one attached hydrogen (secondary N) is 1. The van der Waals surface area contributed by atoms with Gasteiger partial charge in [-0.05, 0) is 55.5 Å². The van der Waals surface area contributed by atoms with E-state index in [1.807, 2.05) is 13.0 Å². The minimum atomic E-state index is -0.511. The summed E-state index contributed by atoms with van der Waals surface area (Å²) in [5.74, 6) is -0.638. The molecule has 4 aromatic rings. The number of nitrogens with zero attached hydrogens (tertiary/aromatic N) is 2. The fourth-order valence-electron chi connectivity index (χ4n) is 2.83. The molecule has 2 aromatic heterocycles. The Balaban J connectivity index is 1.88. The van der Waals surface area contributed by atoms with Gasteiger partial charge in [0.05, 0.1) is 10.7 Å². The number of aromatic hydroxyl groups is 1. The highest BCUT2D eigenvalue weighted by Crippen LogP contribution is 2.26. The number of phenols is 1. The number of benzene rings is 2. The molecule has 0 aliphatic carbocycles. The number of phenolic OH excluding ortho intramolecular Hbond substituents is 1. The van der Waals surface area contributed by atoms with Gasteiger partial charge >= 0.3 is 0 Å². The first-order valence-electron chi connectivity index (χ1n) is 8.91. The van der Waals surface area contributed by atoms with E-state index in [1.165, 1.54) is 24.3 Å². The van der Waals surface area contributed by atoms with Crippen LogP contribution < -0.4 is 10.9 Å². The van der Waals surface area contributed by atoms with E-state index in [-0.39, 0.29) is 27.6 Å². The van der Waals surface area contributed by atoms with Crippen LogP contribution in [0.15, 0.2) is 70.1 Å². The molecule has 2 aromatic carbocycles. The van der Waals surface area contributed by atoms with Crippen molar-refractivity contribution in [1.82, 2.24) is 4.98 Å². The standard InChI is InChI=1S/C22H15ClFN3O3/c1-12-3-2-4-20(25-12)27-21(29)16-9-13-5-7-15(28)11-19(13)30-22(16)26-18-8-6-14(24)10-17(18)23/h2-11,28H,1H3,(H,25,27,29). The summed E-state index contributed by atoms with van der Waals surface area (Å²) in [5, 5.41) is 13.1. The Morgan fingerprint density at radius 2 is 2.00 bits per heavy atom. The zero-order chi connectivity index (χ0) is 21.3. The number of amides is 1. The molecular formula is C22H15ClFN3O3. The van der Waals surface area contributed by atoms with Gasteiger partial charge in [-0.2, -0.15) is 0 Å². The summed E-state index contributed by atoms with van der Waals surface area (Å²) >= 11 is 6.08. The zero-order valence-electron chi connectivity index (χ0n) is 15.7. The third-order valence-electron chi connectivity index (χ3n) is 4.24. The van der Waals surface area contributed by atoms with Crippen LogP contribution >= 0.6 is 11.6 Å². The van der Waals surface area contributed by atoms with Crippen molar-refractivity contribution in [2.45, 2.75) is 6.92 Å². The van der Waals surface area contributed by atoms with E-state index in [0.29, 0.717) is 16.8 Å². The van der Waals surface area contributed by atoms with Crippen LogP contribution in [-0.2, 0) is 0 Å². The molecule has 0 bridgehead atoms. The number of hydrogen-bond donors (Lipinski definition) is 2. The van der Waals surface area contributed by atoms with Gasteiger partial charge in [-0.15, -0.1) is 0 Å². The molecule has 8 heteroatoms. The van der Waals surface area contributed by atoms with Crippen molar-refractivity contribution in [1.29, 1.82) is 0 Å². The minimum absolute atomic E-state index is 0.00169. The summed E-state index contributed by atoms with van der Waals surface area (Å²) in [5.41, 5.74) is 1.36. The summed E-state index contributed by atoms with van der Waals surface area (Å²) in [6, 6.07) is 15.0. The summed E-state index contributed by atoms with van der Waals surface area (Å²) in [6.45, 7) is 1.81. The molecule has 150 valence electrons. The van der Waals surface area contributed by atoms with Gasteiger partial charge in [-0.3, -0.25) is 4.79 Å². The average Bonchev–Trinajstić information content (AvgIpc) is 2.69. The van der Waals surface area contributed by atoms with Gasteiger partial charge in [-0.1, -0.05) is 17.7 Å². The van der Waals surface area contributed by atoms with Crippen LogP contribution in [0.4, 0.5) is 15.9 Å². The van der Waals surface area contributed by atoms with Crippen molar-refractivity contribution in [2.75, 3.05) is 5.32 Å². The molecule has 0 aliphatic rings. The minimum Gasteiger partial charge on any atom is -0.508 e. The van der Waals surface area contributed by atoms with Gasteiger partial charge in [0.1, 0.15) is 28.5 Å². The topological polar surface area (TPSA) is 87.7 Å². The first kappa shape index (κ1) is 19.6. The van der Waals surface area contributed by atoms with Gasteiger partial charge < -0.3 is 14.8 Å². The van der Waals surface area contributed by atoms with E-state index in [9.17, 15) is 14.3 Å². The second-order valence-electron chi connectivity index (χ2n) is 6.51. The molecule has 0 saturated carbocycles. The third-order valence-corrected chi connectivity index (χ3v) is 4.54. The lowest BCUT2D eigenvalue weighted by molar-refractivity contribution is 0.102. The molecule has 0 unspecified atom stereocenters. The highest BCUT2D eigenvalue weighted by molar-refractivity contribution is 6.32. The van der Waals surface area contributed by atoms with Gasteiger partial charge in [0.15, 0.2) is 0 Å². The Bertz CT molecular complexity index is 1350. The van der Waals surface area contributed by atoms with Crippen LogP contribution in [-0.4, -0.2) is 16.0 Å². The molecule has 2 heterocycles. The third kappa shape index (κ3) is 4.16. The highest BCUT2D eigenvalue weighted by Gasteiger charge is 2.15. The fourth-order valence-corrected chi connectivity index (χ4v) is 3.04. The Morgan fingerprint density at radius 3 is 2.77 bits per heavy atom. The maximum absolute atomic E-state index is 13.4. The highest BCUT2D eigenvalue weighted by atomic mass is 35.5. The first-order chi connectivity index (χ1) is 14.4. The molecule has 2 N–H and O–H groups in total. The van der Waals surface area contributed by atoms with E-state index in [2.05, 4.69) is 15.3 Å². The first-order valence-corrected chi connectivity index (χ1v) is 9.28. The lowest BCUT2D eigenvalue weighted by Crippen LogP contribution is -2.22. The smallest absolute Gasteiger partial charge is 0.262 e. The number of hydrogen-bond acceptors (Lipinski definition) is 5. The number of aryl methyl sites for hydroxylation is 1. The number of pyridine rings is 1. The van der Waals surface area contributed by atoms with Gasteiger partial charge in [0.25, 0.3) is 5.91 Å². The molecular weight excluding hydrogens is 409 g/mol. The van der Waals surface area contributed by atoms with Crippen LogP contribution in [0.3, 0.4) is 0 Å². The van der Waals surface area contributed by atoms with E-state index in [4.69, 9.17) is 16.0 Å². The summed E-state index contributed by atoms with van der Waals surface area (Å²) < 4.78 is 19.2. The summed E-state index contributed by atoms with van der Waals surface area (Å²) in [7, 11) is 0. The Labute approximate surface area is 175 Å². The fraction of sp³-hybridized carbons (Fsp3) is 0.0455. The normalized spacial score (nSPS) is 11.6. The molecule has 30 heavy (non-hydrogen) atoms.